The average Bonchev–Trinajstić information content (AvgIpc) is 2.45. The molecule has 6 nitrogen and oxygen atoms in total. The predicted octanol–water partition coefficient (Wildman–Crippen LogP) is 2.50. The molecule has 1 fully saturated rings. The maximum absolute atomic E-state index is 12.4. The number of benzene rings is 1. The molecule has 0 N–H and O–H groups in total. The molecular formula is C13H15ClN2O4. The zero-order chi connectivity index (χ0) is 14.7. The molecule has 1 aliphatic rings. The third-order valence-corrected chi connectivity index (χ3v) is 3.59. The van der Waals surface area contributed by atoms with E-state index in [0.29, 0.717) is 19.7 Å². The van der Waals surface area contributed by atoms with E-state index in [0.717, 1.165) is 6.42 Å². The van der Waals surface area contributed by atoms with Crippen LogP contribution in [0.2, 0.25) is 5.02 Å². The molecule has 20 heavy (non-hydrogen) atoms. The van der Waals surface area contributed by atoms with Crippen LogP contribution >= 0.6 is 11.6 Å². The van der Waals surface area contributed by atoms with Gasteiger partial charge >= 0.3 is 5.69 Å². The molecule has 7 heteroatoms. The number of ether oxygens (including phenoxy) is 1. The van der Waals surface area contributed by atoms with Crippen LogP contribution in [-0.2, 0) is 4.74 Å². The fourth-order valence-corrected chi connectivity index (χ4v) is 2.44. The van der Waals surface area contributed by atoms with Gasteiger partial charge in [0.1, 0.15) is 10.6 Å². The monoisotopic (exact) mass is 298 g/mol. The van der Waals surface area contributed by atoms with Gasteiger partial charge in [0.15, 0.2) is 0 Å². The van der Waals surface area contributed by atoms with Crippen molar-refractivity contribution in [3.63, 3.8) is 0 Å². The lowest BCUT2D eigenvalue weighted by Gasteiger charge is -2.32. The van der Waals surface area contributed by atoms with Crippen molar-refractivity contribution >= 4 is 23.2 Å². The average molecular weight is 299 g/mol. The van der Waals surface area contributed by atoms with Crippen molar-refractivity contribution in [2.45, 2.75) is 19.4 Å². The van der Waals surface area contributed by atoms with E-state index in [1.807, 2.05) is 6.92 Å². The van der Waals surface area contributed by atoms with Crippen molar-refractivity contribution in [2.75, 3.05) is 19.7 Å². The van der Waals surface area contributed by atoms with E-state index >= 15 is 0 Å². The highest BCUT2D eigenvalue weighted by atomic mass is 35.5. The summed E-state index contributed by atoms with van der Waals surface area (Å²) in [6.45, 7) is 3.29. The van der Waals surface area contributed by atoms with Crippen LogP contribution in [0.15, 0.2) is 18.2 Å². The number of para-hydroxylation sites is 1. The highest BCUT2D eigenvalue weighted by Crippen LogP contribution is 2.29. The van der Waals surface area contributed by atoms with Crippen molar-refractivity contribution in [1.82, 2.24) is 4.90 Å². The number of nitrogens with zero attached hydrogens (tertiary/aromatic N) is 2. The van der Waals surface area contributed by atoms with E-state index in [2.05, 4.69) is 0 Å². The number of hydrogen-bond acceptors (Lipinski definition) is 4. The van der Waals surface area contributed by atoms with Crippen LogP contribution in [0, 0.1) is 10.1 Å². The van der Waals surface area contributed by atoms with Gasteiger partial charge in [-0.1, -0.05) is 24.6 Å². The van der Waals surface area contributed by atoms with Crippen LogP contribution in [0.4, 0.5) is 5.69 Å². The van der Waals surface area contributed by atoms with E-state index in [9.17, 15) is 14.9 Å². The first-order chi connectivity index (χ1) is 9.54. The summed E-state index contributed by atoms with van der Waals surface area (Å²) in [6.07, 6.45) is 0.771. The molecule has 0 saturated carbocycles. The fourth-order valence-electron chi connectivity index (χ4n) is 2.19. The molecule has 0 aromatic heterocycles. The second-order valence-corrected chi connectivity index (χ2v) is 4.95. The van der Waals surface area contributed by atoms with Gasteiger partial charge in [0.05, 0.1) is 17.6 Å². The van der Waals surface area contributed by atoms with Gasteiger partial charge in [-0.2, -0.15) is 0 Å². The Kier molecular flexibility index (Phi) is 4.57. The number of carbonyl (C=O) groups excluding carboxylic acids is 1. The summed E-state index contributed by atoms with van der Waals surface area (Å²) in [7, 11) is 0. The largest absolute Gasteiger partial charge is 0.375 e. The molecule has 1 atom stereocenters. The summed E-state index contributed by atoms with van der Waals surface area (Å²) in [4.78, 5) is 24.5. The summed E-state index contributed by atoms with van der Waals surface area (Å²) in [5.74, 6) is -0.374. The molecule has 0 radical (unpaired) electrons. The van der Waals surface area contributed by atoms with Gasteiger partial charge in [-0.05, 0) is 18.6 Å². The van der Waals surface area contributed by atoms with Crippen LogP contribution in [0.5, 0.6) is 0 Å². The standard InChI is InChI=1S/C13H15ClN2O4/c1-2-9-8-15(6-7-20-9)13(17)10-4-3-5-11(14)12(10)16(18)19/h3-5,9H,2,6-8H2,1H3. The molecule has 2 rings (SSSR count). The van der Waals surface area contributed by atoms with Crippen LogP contribution in [-0.4, -0.2) is 41.5 Å². The van der Waals surface area contributed by atoms with Crippen molar-refractivity contribution < 1.29 is 14.5 Å². The number of hydrogen-bond donors (Lipinski definition) is 0. The maximum atomic E-state index is 12.4. The minimum atomic E-state index is -0.618. The lowest BCUT2D eigenvalue weighted by Crippen LogP contribution is -2.45. The molecule has 1 heterocycles. The number of halogens is 1. The Balaban J connectivity index is 2.29. The van der Waals surface area contributed by atoms with E-state index in [4.69, 9.17) is 16.3 Å². The second kappa shape index (κ2) is 6.19. The quantitative estimate of drug-likeness (QED) is 0.635. The Morgan fingerprint density at radius 3 is 3.00 bits per heavy atom. The van der Waals surface area contributed by atoms with Crippen LogP contribution < -0.4 is 0 Å². The lowest BCUT2D eigenvalue weighted by atomic mass is 10.1. The third kappa shape index (κ3) is 2.91. The maximum Gasteiger partial charge on any atom is 0.300 e. The SMILES string of the molecule is CCC1CN(C(=O)c2cccc(Cl)c2[N+](=O)[O-])CCO1. The van der Waals surface area contributed by atoms with Gasteiger partial charge in [-0.25, -0.2) is 0 Å². The Morgan fingerprint density at radius 2 is 2.35 bits per heavy atom. The minimum absolute atomic E-state index is 0.0223. The third-order valence-electron chi connectivity index (χ3n) is 3.28. The summed E-state index contributed by atoms with van der Waals surface area (Å²) in [6, 6.07) is 4.38. The molecule has 1 unspecified atom stereocenters. The minimum Gasteiger partial charge on any atom is -0.375 e. The van der Waals surface area contributed by atoms with E-state index < -0.39 is 4.92 Å². The summed E-state index contributed by atoms with van der Waals surface area (Å²) in [5.41, 5.74) is -0.307. The van der Waals surface area contributed by atoms with E-state index in [1.54, 1.807) is 11.0 Å². The number of nitro groups is 1. The first kappa shape index (κ1) is 14.7. The Morgan fingerprint density at radius 1 is 1.60 bits per heavy atom. The van der Waals surface area contributed by atoms with Gasteiger partial charge in [0.2, 0.25) is 0 Å². The van der Waals surface area contributed by atoms with Gasteiger partial charge in [-0.15, -0.1) is 0 Å². The van der Waals surface area contributed by atoms with Crippen molar-refractivity contribution in [1.29, 1.82) is 0 Å². The first-order valence-corrected chi connectivity index (χ1v) is 6.76. The highest BCUT2D eigenvalue weighted by molar-refractivity contribution is 6.33. The molecule has 0 aliphatic carbocycles. The Bertz CT molecular complexity index is 535. The lowest BCUT2D eigenvalue weighted by molar-refractivity contribution is -0.385. The molecule has 1 aromatic rings. The van der Waals surface area contributed by atoms with E-state index in [1.165, 1.54) is 12.1 Å². The number of carbonyl (C=O) groups is 1. The number of amides is 1. The van der Waals surface area contributed by atoms with Gasteiger partial charge < -0.3 is 9.64 Å². The van der Waals surface area contributed by atoms with Gasteiger partial charge in [-0.3, -0.25) is 14.9 Å². The zero-order valence-electron chi connectivity index (χ0n) is 11.0. The topological polar surface area (TPSA) is 72.7 Å². The molecule has 0 bridgehead atoms. The number of morpholine rings is 1. The summed E-state index contributed by atoms with van der Waals surface area (Å²) in [5, 5.41) is 11.0. The summed E-state index contributed by atoms with van der Waals surface area (Å²) >= 11 is 5.83. The summed E-state index contributed by atoms with van der Waals surface area (Å²) < 4.78 is 5.49. The molecular weight excluding hydrogens is 284 g/mol. The highest BCUT2D eigenvalue weighted by Gasteiger charge is 2.30. The van der Waals surface area contributed by atoms with Crippen molar-refractivity contribution in [3.8, 4) is 0 Å². The van der Waals surface area contributed by atoms with Crippen LogP contribution in [0.3, 0.4) is 0 Å². The van der Waals surface area contributed by atoms with E-state index in [-0.39, 0.29) is 28.3 Å². The molecule has 1 amide bonds. The second-order valence-electron chi connectivity index (χ2n) is 4.55. The molecule has 1 aliphatic heterocycles. The fraction of sp³-hybridized carbons (Fsp3) is 0.462. The first-order valence-electron chi connectivity index (χ1n) is 6.38. The smallest absolute Gasteiger partial charge is 0.300 e. The normalized spacial score (nSPS) is 18.9. The van der Waals surface area contributed by atoms with Crippen molar-refractivity contribution in [3.05, 3.63) is 38.9 Å². The molecule has 0 spiro atoms. The Hall–Kier alpha value is -1.66. The van der Waals surface area contributed by atoms with Crippen molar-refractivity contribution in [2.24, 2.45) is 0 Å². The Labute approximate surface area is 121 Å². The van der Waals surface area contributed by atoms with Gasteiger partial charge in [0.25, 0.3) is 5.91 Å². The van der Waals surface area contributed by atoms with Gasteiger partial charge in [0, 0.05) is 13.1 Å². The van der Waals surface area contributed by atoms with Crippen LogP contribution in [0.25, 0.3) is 0 Å². The molecule has 1 aromatic carbocycles. The molecule has 108 valence electrons. The zero-order valence-corrected chi connectivity index (χ0v) is 11.8. The predicted molar refractivity (Wildman–Crippen MR) is 74.0 cm³/mol. The molecule has 1 saturated heterocycles. The number of nitro benzene ring substituents is 1. The van der Waals surface area contributed by atoms with Crippen LogP contribution in [0.1, 0.15) is 23.7 Å². The number of rotatable bonds is 3.